The number of carbonyl (C=O) groups is 4. The Bertz CT molecular complexity index is 2630. The quantitative estimate of drug-likeness (QED) is 0.0611. The molecule has 0 spiro atoms. The topological polar surface area (TPSA) is 232 Å². The number of nitrogens with one attached hydrogen (secondary N) is 2. The molecule has 394 valence electrons. The van der Waals surface area contributed by atoms with Crippen molar-refractivity contribution in [2.75, 3.05) is 66.6 Å². The van der Waals surface area contributed by atoms with Gasteiger partial charge in [0.25, 0.3) is 10.0 Å². The second-order valence-electron chi connectivity index (χ2n) is 17.8. The highest BCUT2D eigenvalue weighted by Crippen LogP contribution is 2.33. The van der Waals surface area contributed by atoms with Crippen LogP contribution in [0.3, 0.4) is 0 Å². The molecule has 72 heavy (non-hydrogen) atoms. The fourth-order valence-corrected chi connectivity index (χ4v) is 13.2. The summed E-state index contributed by atoms with van der Waals surface area (Å²) in [6, 6.07) is 19.2. The van der Waals surface area contributed by atoms with Crippen molar-refractivity contribution in [1.29, 1.82) is 0 Å². The van der Waals surface area contributed by atoms with E-state index in [0.29, 0.717) is 60.3 Å². The molecule has 2 aliphatic heterocycles. The van der Waals surface area contributed by atoms with Crippen molar-refractivity contribution < 1.29 is 55.7 Å². The summed E-state index contributed by atoms with van der Waals surface area (Å²) in [5.41, 5.74) is 2.36. The van der Waals surface area contributed by atoms with Gasteiger partial charge in [0.1, 0.15) is 46.5 Å². The predicted molar refractivity (Wildman–Crippen MR) is 276 cm³/mol. The molecular formula is C50H67ClN6O12S3. The lowest BCUT2D eigenvalue weighted by atomic mass is 10.1. The van der Waals surface area contributed by atoms with Crippen LogP contribution in [0.5, 0.6) is 11.5 Å². The standard InChI is InChI=1S/C27H37N3O6S.C23H30ClN3O6S2/c1-4-29(5-2)17-18-36-22-12-10-21(11-13-22)19-24(27(32)33)28-26(31)25-7-6-16-30(25)37(34,35)23-14-8-20(3)9-15-23;1-26(2)12-4-14-33-17-8-6-16(7-9-17)15-18(23(29)30)25-22(28)19-5-3-13-27(19)35(31,32)21-11-10-20(24)34-21/h8-15,24-25H,4-7,16-19H2,1-3H3,(H,28,31)(H,32,33);6-11,18-19H,3-5,12-15H2,1-2H3,(H,25,28)(H,29,30)/t24-,25-;18-,19-/m00/s1. The van der Waals surface area contributed by atoms with Crippen LogP contribution in [0.15, 0.2) is 94.0 Å². The molecule has 4 aromatic rings. The van der Waals surface area contributed by atoms with E-state index in [0.717, 1.165) is 59.4 Å². The molecule has 2 aliphatic rings. The van der Waals surface area contributed by atoms with Crippen LogP contribution in [-0.4, -0.2) is 160 Å². The number of rotatable bonds is 25. The fraction of sp³-hybridized carbons (Fsp3) is 0.480. The summed E-state index contributed by atoms with van der Waals surface area (Å²) in [7, 11) is -3.79. The first kappa shape index (κ1) is 57.8. The highest BCUT2D eigenvalue weighted by Gasteiger charge is 2.42. The van der Waals surface area contributed by atoms with Gasteiger partial charge in [-0.2, -0.15) is 8.61 Å². The van der Waals surface area contributed by atoms with Crippen LogP contribution in [-0.2, 0) is 52.1 Å². The molecule has 18 nitrogen and oxygen atoms in total. The molecule has 0 radical (unpaired) electrons. The van der Waals surface area contributed by atoms with Gasteiger partial charge in [0.15, 0.2) is 0 Å². The number of ether oxygens (including phenoxy) is 2. The number of nitrogens with zero attached hydrogens (tertiary/aromatic N) is 4. The fourth-order valence-electron chi connectivity index (χ4n) is 8.23. The summed E-state index contributed by atoms with van der Waals surface area (Å²) in [5.74, 6) is -2.23. The van der Waals surface area contributed by atoms with Gasteiger partial charge in [-0.05, 0) is 126 Å². The molecule has 0 saturated carbocycles. The van der Waals surface area contributed by atoms with E-state index in [1.54, 1.807) is 60.7 Å². The van der Waals surface area contributed by atoms with Crippen molar-refractivity contribution in [2.45, 2.75) is 99.0 Å². The summed E-state index contributed by atoms with van der Waals surface area (Å²) >= 11 is 6.81. The third kappa shape index (κ3) is 16.4. The van der Waals surface area contributed by atoms with Crippen molar-refractivity contribution >= 4 is 66.7 Å². The van der Waals surface area contributed by atoms with Gasteiger partial charge in [0.05, 0.1) is 15.8 Å². The molecule has 2 amide bonds. The smallest absolute Gasteiger partial charge is 0.326 e. The van der Waals surface area contributed by atoms with Gasteiger partial charge in [0.2, 0.25) is 21.8 Å². The number of carboxylic acid groups (broad SMARTS) is 2. The van der Waals surface area contributed by atoms with Crippen molar-refractivity contribution in [2.24, 2.45) is 0 Å². The Balaban J connectivity index is 0.000000268. The highest BCUT2D eigenvalue weighted by molar-refractivity contribution is 7.91. The lowest BCUT2D eigenvalue weighted by Crippen LogP contribution is -2.51. The number of aliphatic carboxylic acids is 2. The van der Waals surface area contributed by atoms with Crippen molar-refractivity contribution in [1.82, 2.24) is 29.0 Å². The molecule has 1 aromatic heterocycles. The summed E-state index contributed by atoms with van der Waals surface area (Å²) in [4.78, 5) is 54.3. The lowest BCUT2D eigenvalue weighted by Gasteiger charge is -2.25. The predicted octanol–water partition coefficient (Wildman–Crippen LogP) is 5.38. The molecule has 4 N–H and O–H groups in total. The molecule has 3 aromatic carbocycles. The van der Waals surface area contributed by atoms with Crippen LogP contribution in [0.25, 0.3) is 0 Å². The monoisotopic (exact) mass is 1070 g/mol. The van der Waals surface area contributed by atoms with Crippen LogP contribution in [0, 0.1) is 6.92 Å². The first-order valence-corrected chi connectivity index (χ1v) is 28.0. The Hall–Kier alpha value is -5.13. The second-order valence-corrected chi connectivity index (χ2v) is 23.5. The first-order valence-electron chi connectivity index (χ1n) is 24.0. The zero-order chi connectivity index (χ0) is 52.6. The van der Waals surface area contributed by atoms with E-state index in [-0.39, 0.29) is 35.0 Å². The van der Waals surface area contributed by atoms with Gasteiger partial charge in [-0.15, -0.1) is 11.3 Å². The number of sulfonamides is 2. The number of aryl methyl sites for hydroxylation is 1. The normalized spacial score (nSPS) is 17.2. The van der Waals surface area contributed by atoms with Crippen molar-refractivity contribution in [3.63, 3.8) is 0 Å². The van der Waals surface area contributed by atoms with E-state index in [1.165, 1.54) is 28.6 Å². The summed E-state index contributed by atoms with van der Waals surface area (Å²) in [5, 5.41) is 24.5. The molecule has 2 saturated heterocycles. The summed E-state index contributed by atoms with van der Waals surface area (Å²) in [6.07, 6.45) is 2.69. The number of halogens is 1. The highest BCUT2D eigenvalue weighted by atomic mass is 35.5. The molecule has 0 aliphatic carbocycles. The van der Waals surface area contributed by atoms with Crippen molar-refractivity contribution in [3.8, 4) is 11.5 Å². The number of hydrogen-bond donors (Lipinski definition) is 4. The zero-order valence-corrected chi connectivity index (χ0v) is 44.6. The number of benzene rings is 3. The minimum Gasteiger partial charge on any atom is -0.494 e. The van der Waals surface area contributed by atoms with Gasteiger partial charge in [-0.25, -0.2) is 26.4 Å². The Morgan fingerprint density at radius 1 is 0.694 bits per heavy atom. The molecule has 2 fully saturated rings. The van der Waals surface area contributed by atoms with Crippen LogP contribution in [0.1, 0.15) is 62.6 Å². The maximum Gasteiger partial charge on any atom is 0.326 e. The maximum atomic E-state index is 13.2. The van der Waals surface area contributed by atoms with E-state index in [4.69, 9.17) is 21.1 Å². The molecule has 4 atom stereocenters. The number of likely N-dealkylation sites (N-methyl/N-ethyl adjacent to an activating group) is 1. The minimum absolute atomic E-state index is 0.0565. The lowest BCUT2D eigenvalue weighted by molar-refractivity contribution is -0.142. The molecule has 0 unspecified atom stereocenters. The summed E-state index contributed by atoms with van der Waals surface area (Å²) < 4.78 is 66.5. The van der Waals surface area contributed by atoms with E-state index in [1.807, 2.05) is 21.0 Å². The number of thiophene rings is 1. The summed E-state index contributed by atoms with van der Waals surface area (Å²) in [6.45, 7) is 11.2. The van der Waals surface area contributed by atoms with Crippen LogP contribution >= 0.6 is 22.9 Å². The molecule has 3 heterocycles. The SMILES string of the molecule is CCN(CC)CCOc1ccc(C[C@H](NC(=O)[C@@H]2CCCN2S(=O)(=O)c2ccc(C)cc2)C(=O)O)cc1.CN(C)CCCOc1ccc(C[C@H](NC(=O)[C@@H]2CCCN2S(=O)(=O)c2ccc(Cl)s2)C(=O)O)cc1. The minimum atomic E-state index is -3.90. The van der Waals surface area contributed by atoms with Gasteiger partial charge < -0.3 is 40.1 Å². The van der Waals surface area contributed by atoms with Crippen LogP contribution in [0.2, 0.25) is 4.34 Å². The first-order chi connectivity index (χ1) is 34.2. The van der Waals surface area contributed by atoms with Crippen molar-refractivity contribution in [3.05, 3.63) is 106 Å². The van der Waals surface area contributed by atoms with Gasteiger partial charge in [0, 0.05) is 39.0 Å². The van der Waals surface area contributed by atoms with E-state index < -0.39 is 68.0 Å². The molecular weight excluding hydrogens is 1010 g/mol. The Labute approximate surface area is 432 Å². The van der Waals surface area contributed by atoms with Gasteiger partial charge in [-0.3, -0.25) is 9.59 Å². The zero-order valence-electron chi connectivity index (χ0n) is 41.4. The van der Waals surface area contributed by atoms with E-state index in [2.05, 4.69) is 34.3 Å². The number of hydrogen-bond acceptors (Lipinski definition) is 13. The largest absolute Gasteiger partial charge is 0.494 e. The van der Waals surface area contributed by atoms with Gasteiger partial charge >= 0.3 is 11.9 Å². The third-order valence-corrected chi connectivity index (χ3v) is 17.8. The van der Waals surface area contributed by atoms with Crippen LogP contribution in [0.4, 0.5) is 0 Å². The molecule has 22 heteroatoms. The third-order valence-electron chi connectivity index (χ3n) is 12.3. The average Bonchev–Trinajstić information content (AvgIpc) is 4.16. The Kier molecular flexibility index (Phi) is 21.9. The van der Waals surface area contributed by atoms with E-state index in [9.17, 15) is 46.2 Å². The number of amides is 2. The molecule has 0 bridgehead atoms. The second kappa shape index (κ2) is 27.2. The van der Waals surface area contributed by atoms with Crippen LogP contribution < -0.4 is 20.1 Å². The average molecular weight is 1080 g/mol. The number of carbonyl (C=O) groups excluding carboxylic acids is 2. The Morgan fingerprint density at radius 3 is 1.60 bits per heavy atom. The van der Waals surface area contributed by atoms with E-state index >= 15 is 0 Å². The Morgan fingerprint density at radius 2 is 1.17 bits per heavy atom. The van der Waals surface area contributed by atoms with Gasteiger partial charge in [-0.1, -0.05) is 67.4 Å². The maximum absolute atomic E-state index is 13.2. The number of carboxylic acids is 2. The molecule has 6 rings (SSSR count).